The summed E-state index contributed by atoms with van der Waals surface area (Å²) in [7, 11) is 0. The van der Waals surface area contributed by atoms with E-state index in [4.69, 9.17) is 0 Å². The molecule has 1 amide bonds. The Balaban J connectivity index is 1.62. The molecule has 1 aliphatic rings. The Morgan fingerprint density at radius 1 is 1.33 bits per heavy atom. The number of fused-ring (bicyclic) bond motifs is 2. The maximum atomic E-state index is 12.4. The van der Waals surface area contributed by atoms with Crippen molar-refractivity contribution in [1.82, 2.24) is 14.5 Å². The van der Waals surface area contributed by atoms with Gasteiger partial charge in [0.15, 0.2) is 5.13 Å². The van der Waals surface area contributed by atoms with Gasteiger partial charge in [-0.25, -0.2) is 14.8 Å². The molecule has 0 fully saturated rings. The van der Waals surface area contributed by atoms with Crippen LogP contribution in [-0.4, -0.2) is 20.6 Å². The fourth-order valence-corrected chi connectivity index (χ4v) is 3.43. The zero-order valence-electron chi connectivity index (χ0n) is 11.2. The molecule has 1 aromatic carbocycles. The number of aromatic nitrogens is 3. The second kappa shape index (κ2) is 4.96. The lowest BCUT2D eigenvalue weighted by Gasteiger charge is -2.12. The van der Waals surface area contributed by atoms with Gasteiger partial charge >= 0.3 is 6.03 Å². The maximum absolute atomic E-state index is 12.4. The monoisotopic (exact) mass is 297 g/mol. The fraction of sp³-hybridized carbons (Fsp3) is 0.200. The molecule has 0 saturated heterocycles. The van der Waals surface area contributed by atoms with Crippen LogP contribution < -0.4 is 5.32 Å². The van der Waals surface area contributed by atoms with Crippen molar-refractivity contribution in [2.24, 2.45) is 0 Å². The summed E-state index contributed by atoms with van der Waals surface area (Å²) < 4.78 is 2.67. The normalized spacial score (nSPS) is 14.1. The van der Waals surface area contributed by atoms with Crippen molar-refractivity contribution in [3.8, 4) is 0 Å². The molecule has 1 aliphatic carbocycles. The molecular formula is C15H13N4OS. The average Bonchev–Trinajstić information content (AvgIpc) is 3.10. The number of amides is 1. The number of nitrogens with one attached hydrogen (secondary N) is 1. The van der Waals surface area contributed by atoms with Crippen molar-refractivity contribution < 1.29 is 4.79 Å². The van der Waals surface area contributed by atoms with Gasteiger partial charge in [-0.1, -0.05) is 23.5 Å². The van der Waals surface area contributed by atoms with Crippen molar-refractivity contribution in [3.63, 3.8) is 0 Å². The number of carbonyl (C=O) groups excluding carboxylic acids is 1. The number of hydrogen-bond acceptors (Lipinski definition) is 4. The minimum absolute atomic E-state index is 0.190. The lowest BCUT2D eigenvalue weighted by atomic mass is 10.0. The molecule has 105 valence electrons. The van der Waals surface area contributed by atoms with Crippen LogP contribution in [0.3, 0.4) is 0 Å². The van der Waals surface area contributed by atoms with Crippen LogP contribution in [0.4, 0.5) is 9.93 Å². The number of nitrogens with zero attached hydrogens (tertiary/aromatic N) is 3. The number of para-hydroxylation sites is 1. The van der Waals surface area contributed by atoms with E-state index in [1.165, 1.54) is 11.3 Å². The molecule has 0 spiro atoms. The van der Waals surface area contributed by atoms with Crippen LogP contribution in [0.5, 0.6) is 0 Å². The molecular weight excluding hydrogens is 284 g/mol. The fourth-order valence-electron chi connectivity index (χ4n) is 2.58. The first-order chi connectivity index (χ1) is 10.3. The highest BCUT2D eigenvalue weighted by Crippen LogP contribution is 2.26. The summed E-state index contributed by atoms with van der Waals surface area (Å²) in [5, 5.41) is 3.48. The Bertz CT molecular complexity index is 787. The number of rotatable bonds is 1. The van der Waals surface area contributed by atoms with E-state index >= 15 is 0 Å². The van der Waals surface area contributed by atoms with Gasteiger partial charge in [0.05, 0.1) is 21.6 Å². The third-order valence-corrected chi connectivity index (χ3v) is 4.55. The van der Waals surface area contributed by atoms with E-state index in [-0.39, 0.29) is 6.03 Å². The minimum Gasteiger partial charge on any atom is -0.283 e. The van der Waals surface area contributed by atoms with E-state index in [2.05, 4.69) is 21.7 Å². The van der Waals surface area contributed by atoms with Crippen LogP contribution in [0.15, 0.2) is 30.6 Å². The Hall–Kier alpha value is -2.21. The summed E-state index contributed by atoms with van der Waals surface area (Å²) in [4.78, 5) is 21.1. The van der Waals surface area contributed by atoms with Gasteiger partial charge in [-0.2, -0.15) is 0 Å². The van der Waals surface area contributed by atoms with E-state index in [0.717, 1.165) is 40.9 Å². The molecule has 0 atom stereocenters. The van der Waals surface area contributed by atoms with E-state index < -0.39 is 0 Å². The molecule has 0 unspecified atom stereocenters. The van der Waals surface area contributed by atoms with Crippen molar-refractivity contribution >= 4 is 32.7 Å². The van der Waals surface area contributed by atoms with Gasteiger partial charge in [-0.3, -0.25) is 9.88 Å². The maximum Gasteiger partial charge on any atom is 0.333 e. The predicted octanol–water partition coefficient (Wildman–Crippen LogP) is 3.27. The summed E-state index contributed by atoms with van der Waals surface area (Å²) in [6, 6.07) is 7.66. The smallest absolute Gasteiger partial charge is 0.283 e. The lowest BCUT2D eigenvalue weighted by Crippen LogP contribution is -2.22. The second-order valence-electron chi connectivity index (χ2n) is 4.96. The number of benzene rings is 1. The summed E-state index contributed by atoms with van der Waals surface area (Å²) >= 11 is 1.48. The molecule has 21 heavy (non-hydrogen) atoms. The van der Waals surface area contributed by atoms with E-state index in [0.29, 0.717) is 5.13 Å². The van der Waals surface area contributed by atoms with Crippen LogP contribution in [0, 0.1) is 6.42 Å². The quantitative estimate of drug-likeness (QED) is 0.750. The Labute approximate surface area is 125 Å². The standard InChI is InChI=1S/C15H13N4OS/c20-15(19-9-16-10-5-1-3-7-12(10)19)18-14-17-11-6-2-4-8-13(11)21-14/h1-2,4,6,8-9H,3,5,7H2,(H,17,18,20). The van der Waals surface area contributed by atoms with Crippen molar-refractivity contribution in [2.75, 3.05) is 5.32 Å². The summed E-state index contributed by atoms with van der Waals surface area (Å²) in [6.07, 6.45) is 6.50. The summed E-state index contributed by atoms with van der Waals surface area (Å²) in [5.41, 5.74) is 2.91. The van der Waals surface area contributed by atoms with Crippen molar-refractivity contribution in [3.05, 3.63) is 48.4 Å². The van der Waals surface area contributed by atoms with Crippen LogP contribution in [0.2, 0.25) is 0 Å². The first kappa shape index (κ1) is 12.5. The van der Waals surface area contributed by atoms with Gasteiger partial charge in [0.1, 0.15) is 6.33 Å². The summed E-state index contributed by atoms with van der Waals surface area (Å²) in [6.45, 7) is 0. The Kier molecular flexibility index (Phi) is 2.96. The molecule has 5 nitrogen and oxygen atoms in total. The number of carbonyl (C=O) groups is 1. The zero-order valence-corrected chi connectivity index (χ0v) is 12.1. The molecule has 0 aliphatic heterocycles. The van der Waals surface area contributed by atoms with Crippen LogP contribution >= 0.6 is 11.3 Å². The molecule has 2 heterocycles. The second-order valence-corrected chi connectivity index (χ2v) is 5.99. The number of hydrogen-bond donors (Lipinski definition) is 1. The number of imidazole rings is 1. The third kappa shape index (κ3) is 2.21. The van der Waals surface area contributed by atoms with Gasteiger partial charge in [-0.15, -0.1) is 0 Å². The molecule has 0 bridgehead atoms. The molecule has 1 radical (unpaired) electrons. The highest BCUT2D eigenvalue weighted by molar-refractivity contribution is 7.22. The van der Waals surface area contributed by atoms with E-state index in [9.17, 15) is 4.79 Å². The van der Waals surface area contributed by atoms with Gasteiger partial charge in [-0.05, 0) is 37.8 Å². The van der Waals surface area contributed by atoms with Gasteiger partial charge < -0.3 is 0 Å². The topological polar surface area (TPSA) is 59.8 Å². The first-order valence-corrected chi connectivity index (χ1v) is 7.66. The third-order valence-electron chi connectivity index (χ3n) is 3.60. The highest BCUT2D eigenvalue weighted by atomic mass is 32.1. The largest absolute Gasteiger partial charge is 0.333 e. The van der Waals surface area contributed by atoms with Gasteiger partial charge in [0.25, 0.3) is 0 Å². The zero-order chi connectivity index (χ0) is 14.2. The van der Waals surface area contributed by atoms with Crippen LogP contribution in [-0.2, 0) is 12.8 Å². The van der Waals surface area contributed by atoms with Crippen molar-refractivity contribution in [2.45, 2.75) is 19.3 Å². The van der Waals surface area contributed by atoms with Gasteiger partial charge in [0.2, 0.25) is 0 Å². The Morgan fingerprint density at radius 3 is 3.14 bits per heavy atom. The lowest BCUT2D eigenvalue weighted by molar-refractivity contribution is 0.252. The molecule has 4 rings (SSSR count). The molecule has 0 saturated carbocycles. The molecule has 6 heteroatoms. The van der Waals surface area contributed by atoms with E-state index in [1.54, 1.807) is 10.9 Å². The molecule has 1 N–H and O–H groups in total. The van der Waals surface area contributed by atoms with E-state index in [1.807, 2.05) is 24.3 Å². The SMILES string of the molecule is O=C(Nc1nc2ccccc2s1)n1cnc2c1CC[CH]C2. The van der Waals surface area contributed by atoms with Gasteiger partial charge in [0, 0.05) is 0 Å². The van der Waals surface area contributed by atoms with Crippen LogP contribution in [0.25, 0.3) is 10.2 Å². The molecule has 3 aromatic rings. The predicted molar refractivity (Wildman–Crippen MR) is 82.6 cm³/mol. The van der Waals surface area contributed by atoms with Crippen molar-refractivity contribution in [1.29, 1.82) is 0 Å². The first-order valence-electron chi connectivity index (χ1n) is 6.85. The van der Waals surface area contributed by atoms with Crippen LogP contribution in [0.1, 0.15) is 17.8 Å². The number of thiazole rings is 1. The number of anilines is 1. The average molecular weight is 297 g/mol. The minimum atomic E-state index is -0.190. The Morgan fingerprint density at radius 2 is 2.24 bits per heavy atom. The molecule has 2 aromatic heterocycles. The highest BCUT2D eigenvalue weighted by Gasteiger charge is 2.19. The summed E-state index contributed by atoms with van der Waals surface area (Å²) in [5.74, 6) is 0.